The maximum atomic E-state index is 12.9. The molecule has 0 aliphatic heterocycles. The highest BCUT2D eigenvalue weighted by atomic mass is 35.5. The van der Waals surface area contributed by atoms with Crippen molar-refractivity contribution in [1.29, 1.82) is 0 Å². The summed E-state index contributed by atoms with van der Waals surface area (Å²) in [4.78, 5) is 24.0. The number of nitrogens with one attached hydrogen (secondary N) is 1. The number of carbonyl (C=O) groups excluding carboxylic acids is 2. The molecule has 2 aromatic rings. The lowest BCUT2D eigenvalue weighted by atomic mass is 10.2. The van der Waals surface area contributed by atoms with E-state index in [1.165, 1.54) is 12.1 Å². The van der Waals surface area contributed by atoms with E-state index in [9.17, 15) is 31.2 Å². The first kappa shape index (κ1) is 26.9. The molecule has 1 N–H and O–H groups in total. The molecule has 1 amide bonds. The summed E-state index contributed by atoms with van der Waals surface area (Å²) in [5.74, 6) is -1.94. The van der Waals surface area contributed by atoms with Crippen molar-refractivity contribution in [1.82, 2.24) is 4.31 Å². The second-order valence-corrected chi connectivity index (χ2v) is 9.27. The average Bonchev–Trinajstić information content (AvgIpc) is 2.73. The van der Waals surface area contributed by atoms with E-state index < -0.39 is 45.3 Å². The fraction of sp³-hybridized carbons (Fsp3) is 0.300. The van der Waals surface area contributed by atoms with Gasteiger partial charge in [0.05, 0.1) is 21.2 Å². The lowest BCUT2D eigenvalue weighted by Gasteiger charge is -2.19. The van der Waals surface area contributed by atoms with Gasteiger partial charge in [0.25, 0.3) is 5.91 Å². The molecule has 0 spiro atoms. The Hall–Kier alpha value is -2.34. The van der Waals surface area contributed by atoms with Crippen molar-refractivity contribution in [2.24, 2.45) is 0 Å². The summed E-state index contributed by atoms with van der Waals surface area (Å²) in [6, 6.07) is 6.23. The Morgan fingerprint density at radius 3 is 2.21 bits per heavy atom. The number of sulfonamides is 1. The van der Waals surface area contributed by atoms with Crippen LogP contribution in [0.1, 0.15) is 29.8 Å². The van der Waals surface area contributed by atoms with Crippen LogP contribution in [0.2, 0.25) is 10.0 Å². The molecule has 180 valence electrons. The Kier molecular flexibility index (Phi) is 8.75. The lowest BCUT2D eigenvalue weighted by Crippen LogP contribution is -2.31. The van der Waals surface area contributed by atoms with Gasteiger partial charge in [0.1, 0.15) is 4.90 Å². The number of ether oxygens (including phenoxy) is 1. The molecule has 0 atom stereocenters. The normalized spacial score (nSPS) is 12.0. The van der Waals surface area contributed by atoms with Crippen molar-refractivity contribution < 1.29 is 35.9 Å². The molecule has 0 saturated heterocycles. The summed E-state index contributed by atoms with van der Waals surface area (Å²) in [5.41, 5.74) is -1.52. The molecular weight excluding hydrogens is 508 g/mol. The molecule has 0 unspecified atom stereocenters. The third kappa shape index (κ3) is 6.59. The van der Waals surface area contributed by atoms with Crippen LogP contribution in [0.3, 0.4) is 0 Å². The number of halogens is 5. The van der Waals surface area contributed by atoms with Crippen LogP contribution in [0.4, 0.5) is 18.9 Å². The average molecular weight is 527 g/mol. The van der Waals surface area contributed by atoms with Gasteiger partial charge >= 0.3 is 12.1 Å². The summed E-state index contributed by atoms with van der Waals surface area (Å²) < 4.78 is 70.2. The molecular formula is C20H19Cl2F3N2O5S. The fourth-order valence-corrected chi connectivity index (χ4v) is 4.95. The second-order valence-electron chi connectivity index (χ2n) is 6.55. The van der Waals surface area contributed by atoms with Gasteiger partial charge in [-0.2, -0.15) is 17.5 Å². The second kappa shape index (κ2) is 10.7. The number of alkyl halides is 3. The van der Waals surface area contributed by atoms with Gasteiger partial charge < -0.3 is 10.1 Å². The first-order chi connectivity index (χ1) is 15.3. The Labute approximate surface area is 198 Å². The van der Waals surface area contributed by atoms with Crippen LogP contribution >= 0.6 is 23.2 Å². The molecule has 2 rings (SSSR count). The molecule has 0 aromatic heterocycles. The topological polar surface area (TPSA) is 92.8 Å². The summed E-state index contributed by atoms with van der Waals surface area (Å²) in [5, 5.41) is 1.53. The van der Waals surface area contributed by atoms with E-state index in [2.05, 4.69) is 5.32 Å². The number of hydrogen-bond acceptors (Lipinski definition) is 5. The Balaban J connectivity index is 2.12. The Bertz CT molecular complexity index is 1150. The monoisotopic (exact) mass is 526 g/mol. The van der Waals surface area contributed by atoms with Gasteiger partial charge in [0.15, 0.2) is 6.61 Å². The minimum absolute atomic E-state index is 0.0978. The zero-order chi connectivity index (χ0) is 25.0. The number of benzene rings is 2. The first-order valence-electron chi connectivity index (χ1n) is 9.44. The van der Waals surface area contributed by atoms with Crippen LogP contribution in [-0.2, 0) is 25.7 Å². The van der Waals surface area contributed by atoms with Crippen molar-refractivity contribution in [3.8, 4) is 0 Å². The molecule has 0 fully saturated rings. The number of nitrogens with zero attached hydrogens (tertiary/aromatic N) is 1. The minimum atomic E-state index is -4.72. The summed E-state index contributed by atoms with van der Waals surface area (Å²) in [7, 11) is -3.97. The van der Waals surface area contributed by atoms with Gasteiger partial charge in [-0.15, -0.1) is 0 Å². The fourth-order valence-electron chi connectivity index (χ4n) is 2.76. The van der Waals surface area contributed by atoms with Gasteiger partial charge in [-0.05, 0) is 36.4 Å². The summed E-state index contributed by atoms with van der Waals surface area (Å²) in [6.45, 7) is 2.83. The number of rotatable bonds is 8. The van der Waals surface area contributed by atoms with Crippen LogP contribution in [-0.4, -0.2) is 44.3 Å². The van der Waals surface area contributed by atoms with Crippen LogP contribution in [0.25, 0.3) is 0 Å². The number of hydrogen-bond donors (Lipinski definition) is 1. The van der Waals surface area contributed by atoms with E-state index in [4.69, 9.17) is 27.9 Å². The highest BCUT2D eigenvalue weighted by Gasteiger charge is 2.33. The predicted octanol–water partition coefficient (Wildman–Crippen LogP) is 4.84. The zero-order valence-electron chi connectivity index (χ0n) is 17.4. The Morgan fingerprint density at radius 1 is 1.03 bits per heavy atom. The van der Waals surface area contributed by atoms with Crippen LogP contribution in [0.5, 0.6) is 0 Å². The molecule has 0 bridgehead atoms. The molecule has 2 aromatic carbocycles. The van der Waals surface area contributed by atoms with Gasteiger partial charge in [-0.1, -0.05) is 37.0 Å². The van der Waals surface area contributed by atoms with Crippen LogP contribution in [0, 0.1) is 0 Å². The highest BCUT2D eigenvalue weighted by Crippen LogP contribution is 2.36. The SMILES string of the molecule is CCN(CC)S(=O)(=O)c1cc(C(=O)OCC(=O)Nc2ccc(Cl)c(C(F)(F)F)c2)ccc1Cl. The van der Waals surface area contributed by atoms with Crippen molar-refractivity contribution in [2.75, 3.05) is 25.0 Å². The smallest absolute Gasteiger partial charge is 0.417 e. The Morgan fingerprint density at radius 2 is 1.64 bits per heavy atom. The van der Waals surface area contributed by atoms with Crippen LogP contribution in [0.15, 0.2) is 41.3 Å². The molecule has 0 heterocycles. The first-order valence-corrected chi connectivity index (χ1v) is 11.6. The van der Waals surface area contributed by atoms with Crippen LogP contribution < -0.4 is 5.32 Å². The van der Waals surface area contributed by atoms with E-state index in [1.807, 2.05) is 0 Å². The van der Waals surface area contributed by atoms with Crippen molar-refractivity contribution in [3.63, 3.8) is 0 Å². The molecule has 0 saturated carbocycles. The predicted molar refractivity (Wildman–Crippen MR) is 117 cm³/mol. The third-order valence-corrected chi connectivity index (χ3v) is 7.24. The zero-order valence-corrected chi connectivity index (χ0v) is 19.7. The molecule has 13 heteroatoms. The molecule has 0 aliphatic carbocycles. The number of esters is 1. The molecule has 7 nitrogen and oxygen atoms in total. The van der Waals surface area contributed by atoms with Gasteiger partial charge in [0.2, 0.25) is 10.0 Å². The van der Waals surface area contributed by atoms with Crippen molar-refractivity contribution in [2.45, 2.75) is 24.9 Å². The molecule has 33 heavy (non-hydrogen) atoms. The number of anilines is 1. The number of carbonyl (C=O) groups is 2. The molecule has 0 radical (unpaired) electrons. The lowest BCUT2D eigenvalue weighted by molar-refractivity contribution is -0.137. The summed E-state index contributed by atoms with van der Waals surface area (Å²) >= 11 is 11.5. The van der Waals surface area contributed by atoms with Crippen molar-refractivity contribution >= 4 is 50.8 Å². The van der Waals surface area contributed by atoms with E-state index in [-0.39, 0.29) is 34.3 Å². The van der Waals surface area contributed by atoms with E-state index in [1.54, 1.807) is 13.8 Å². The van der Waals surface area contributed by atoms with Crippen molar-refractivity contribution in [3.05, 3.63) is 57.6 Å². The van der Waals surface area contributed by atoms with Gasteiger partial charge in [0, 0.05) is 18.8 Å². The highest BCUT2D eigenvalue weighted by molar-refractivity contribution is 7.89. The molecule has 0 aliphatic rings. The minimum Gasteiger partial charge on any atom is -0.452 e. The van der Waals surface area contributed by atoms with Gasteiger partial charge in [-0.25, -0.2) is 13.2 Å². The van der Waals surface area contributed by atoms with E-state index in [0.717, 1.165) is 22.5 Å². The summed E-state index contributed by atoms with van der Waals surface area (Å²) in [6.07, 6.45) is -4.72. The van der Waals surface area contributed by atoms with E-state index >= 15 is 0 Å². The van der Waals surface area contributed by atoms with E-state index in [0.29, 0.717) is 6.07 Å². The maximum Gasteiger partial charge on any atom is 0.417 e. The standard InChI is InChI=1S/C20H19Cl2F3N2O5S/c1-3-27(4-2)33(30,31)17-9-12(5-7-16(17)22)19(29)32-11-18(28)26-13-6-8-15(21)14(10-13)20(23,24)25/h5-10H,3-4,11H2,1-2H3,(H,26,28). The number of amides is 1. The largest absolute Gasteiger partial charge is 0.452 e. The third-order valence-electron chi connectivity index (χ3n) is 4.38. The quantitative estimate of drug-likeness (QED) is 0.497. The maximum absolute atomic E-state index is 12.9. The van der Waals surface area contributed by atoms with Gasteiger partial charge in [-0.3, -0.25) is 4.79 Å².